The van der Waals surface area contributed by atoms with Gasteiger partial charge in [0.2, 0.25) is 12.7 Å². The number of nitrogens with two attached hydrogens (primary N) is 2. The molecule has 13 heteroatoms. The number of hydrogen-bond donors (Lipinski definition) is 3. The highest BCUT2D eigenvalue weighted by Crippen LogP contribution is 2.40. The Labute approximate surface area is 172 Å². The van der Waals surface area contributed by atoms with E-state index < -0.39 is 7.82 Å². The molecule has 2 aromatic heterocycles. The maximum Gasteiger partial charge on any atom is 0.471 e. The number of phosphoric acid groups is 1. The Morgan fingerprint density at radius 1 is 0.966 bits per heavy atom. The molecule has 0 aliphatic rings. The van der Waals surface area contributed by atoms with E-state index in [9.17, 15) is 4.57 Å². The first kappa shape index (κ1) is 30.8. The molecule has 5 N–H and O–H groups in total. The summed E-state index contributed by atoms with van der Waals surface area (Å²) in [7, 11) is 2.59. The molecule has 0 aliphatic heterocycles. The van der Waals surface area contributed by atoms with Crippen LogP contribution in [0.1, 0.15) is 13.8 Å². The van der Waals surface area contributed by atoms with Crippen LogP contribution < -0.4 is 20.6 Å². The molecule has 2 aromatic rings. The number of hydrogen-bond acceptors (Lipinski definition) is 7. The zero-order valence-corrected chi connectivity index (χ0v) is 18.7. The zero-order chi connectivity index (χ0) is 23.3. The smallest absolute Gasteiger partial charge is 0.337 e. The first-order chi connectivity index (χ1) is 13.6. The van der Waals surface area contributed by atoms with Crippen molar-refractivity contribution in [2.45, 2.75) is 26.9 Å². The second-order valence-electron chi connectivity index (χ2n) is 4.91. The van der Waals surface area contributed by atoms with E-state index in [2.05, 4.69) is 68.5 Å². The summed E-state index contributed by atoms with van der Waals surface area (Å²) in [6, 6.07) is 0. The molecular formula is C16H33N8O4P+2. The van der Waals surface area contributed by atoms with E-state index in [1.165, 1.54) is 12.4 Å². The van der Waals surface area contributed by atoms with Gasteiger partial charge in [-0.3, -0.25) is 9.05 Å². The van der Waals surface area contributed by atoms with Crippen molar-refractivity contribution in [1.82, 2.24) is 9.13 Å². The summed E-state index contributed by atoms with van der Waals surface area (Å²) in [6.07, 6.45) is 14.8. The van der Waals surface area contributed by atoms with E-state index in [1.54, 1.807) is 0 Å². The molecule has 0 aromatic carbocycles. The lowest BCUT2D eigenvalue weighted by Crippen LogP contribution is -2.28. The van der Waals surface area contributed by atoms with Crippen LogP contribution >= 0.6 is 7.82 Å². The van der Waals surface area contributed by atoms with Gasteiger partial charge in [-0.15, -0.1) is 0 Å². The minimum atomic E-state index is -3.65. The van der Waals surface area contributed by atoms with Crippen LogP contribution in [0.2, 0.25) is 0 Å². The number of phosphoric ester groups is 1. The SMILES string of the molecule is CC[n+]1ccn(C)c1.CC[n+]1ccn(C)c1.COP(=O)(O)OC.N#CN.N#CN. The Morgan fingerprint density at radius 3 is 1.31 bits per heavy atom. The average molecular weight is 432 g/mol. The van der Waals surface area contributed by atoms with Crippen LogP contribution in [0.3, 0.4) is 0 Å². The van der Waals surface area contributed by atoms with E-state index in [-0.39, 0.29) is 0 Å². The summed E-state index contributed by atoms with van der Waals surface area (Å²) in [5.41, 5.74) is 8.31. The lowest BCUT2D eigenvalue weighted by atomic mass is 10.7. The average Bonchev–Trinajstić information content (AvgIpc) is 3.32. The number of rotatable bonds is 4. The highest BCUT2D eigenvalue weighted by molar-refractivity contribution is 7.47. The summed E-state index contributed by atoms with van der Waals surface area (Å²) >= 11 is 0. The number of aromatic nitrogens is 4. The van der Waals surface area contributed by atoms with Crippen molar-refractivity contribution < 1.29 is 27.6 Å². The number of nitrogens with zero attached hydrogens (tertiary/aromatic N) is 6. The van der Waals surface area contributed by atoms with Gasteiger partial charge in [-0.25, -0.2) is 22.8 Å². The predicted molar refractivity (Wildman–Crippen MR) is 106 cm³/mol. The van der Waals surface area contributed by atoms with Crippen molar-refractivity contribution in [2.24, 2.45) is 25.6 Å². The van der Waals surface area contributed by atoms with Crippen LogP contribution in [0.25, 0.3) is 0 Å². The maximum atomic E-state index is 10.1. The molecule has 0 radical (unpaired) electrons. The fourth-order valence-electron chi connectivity index (χ4n) is 1.45. The number of aryl methyl sites for hydroxylation is 4. The third kappa shape index (κ3) is 21.3. The molecule has 0 amide bonds. The fourth-order valence-corrected chi connectivity index (χ4v) is 1.60. The first-order valence-corrected chi connectivity index (χ1v) is 9.76. The number of nitriles is 2. The van der Waals surface area contributed by atoms with Gasteiger partial charge in [0.15, 0.2) is 12.4 Å². The summed E-state index contributed by atoms with van der Waals surface area (Å²) in [5, 5.41) is 14.2. The van der Waals surface area contributed by atoms with Gasteiger partial charge in [-0.1, -0.05) is 0 Å². The molecule has 0 saturated carbocycles. The molecule has 2 rings (SSSR count). The summed E-state index contributed by atoms with van der Waals surface area (Å²) in [5.74, 6) is 0. The first-order valence-electron chi connectivity index (χ1n) is 8.26. The number of imidazole rings is 2. The van der Waals surface area contributed by atoms with Gasteiger partial charge >= 0.3 is 7.82 Å². The molecular weight excluding hydrogens is 399 g/mol. The van der Waals surface area contributed by atoms with Crippen molar-refractivity contribution in [3.63, 3.8) is 0 Å². The Balaban J connectivity index is -0.000000309. The van der Waals surface area contributed by atoms with Gasteiger partial charge in [-0.05, 0) is 13.8 Å². The molecule has 12 nitrogen and oxygen atoms in total. The second-order valence-corrected chi connectivity index (χ2v) is 6.58. The molecule has 0 saturated heterocycles. The normalized spacial score (nSPS) is 8.72. The molecule has 0 fully saturated rings. The van der Waals surface area contributed by atoms with Crippen LogP contribution in [-0.2, 0) is 40.8 Å². The van der Waals surface area contributed by atoms with Gasteiger partial charge in [0.05, 0.1) is 27.2 Å². The van der Waals surface area contributed by atoms with E-state index in [4.69, 9.17) is 15.4 Å². The van der Waals surface area contributed by atoms with Crippen molar-refractivity contribution in [3.8, 4) is 12.4 Å². The maximum absolute atomic E-state index is 10.1. The van der Waals surface area contributed by atoms with Crippen LogP contribution in [0.5, 0.6) is 0 Å². The van der Waals surface area contributed by atoms with Crippen molar-refractivity contribution in [1.29, 1.82) is 10.5 Å². The molecule has 2 heterocycles. The quantitative estimate of drug-likeness (QED) is 0.260. The largest absolute Gasteiger partial charge is 0.471 e. The Morgan fingerprint density at radius 2 is 1.24 bits per heavy atom. The molecule has 0 bridgehead atoms. The van der Waals surface area contributed by atoms with E-state index in [0.717, 1.165) is 27.3 Å². The van der Waals surface area contributed by atoms with Gasteiger partial charge < -0.3 is 16.4 Å². The van der Waals surface area contributed by atoms with Gasteiger partial charge in [-0.2, -0.15) is 10.5 Å². The Hall–Kier alpha value is -2.89. The van der Waals surface area contributed by atoms with E-state index in [1.807, 2.05) is 35.6 Å². The van der Waals surface area contributed by atoms with Gasteiger partial charge in [0.25, 0.3) is 0 Å². The highest BCUT2D eigenvalue weighted by atomic mass is 31.2. The van der Waals surface area contributed by atoms with Crippen LogP contribution in [0.4, 0.5) is 0 Å². The fraction of sp³-hybridized carbons (Fsp3) is 0.500. The van der Waals surface area contributed by atoms with Crippen LogP contribution in [0, 0.1) is 22.9 Å². The molecule has 0 aliphatic carbocycles. The Bertz CT molecular complexity index is 703. The summed E-state index contributed by atoms with van der Waals surface area (Å²) < 4.78 is 26.3. The minimum absolute atomic E-state index is 1.06. The van der Waals surface area contributed by atoms with Crippen molar-refractivity contribution in [2.75, 3.05) is 14.2 Å². The highest BCUT2D eigenvalue weighted by Gasteiger charge is 2.13. The predicted octanol–water partition coefficient (Wildman–Crippen LogP) is -0.103. The lowest BCUT2D eigenvalue weighted by molar-refractivity contribution is -0.693. The standard InChI is InChI=1S/2C6H11N2.C2H7O4P.2CH2N2/c2*1-3-8-5-4-7(2)6-8;1-5-7(3,4)6-2;2*2-1-3/h2*4-6H,3H2,1-2H3;1-2H3,(H,3,4);2*2H2/q2*+1;;;. The van der Waals surface area contributed by atoms with E-state index >= 15 is 0 Å². The summed E-state index contributed by atoms with van der Waals surface area (Å²) in [4.78, 5) is 8.24. The molecule has 29 heavy (non-hydrogen) atoms. The third-order valence-electron chi connectivity index (χ3n) is 2.84. The molecule has 0 unspecified atom stereocenters. The van der Waals surface area contributed by atoms with Crippen molar-refractivity contribution in [3.05, 3.63) is 37.4 Å². The summed E-state index contributed by atoms with van der Waals surface area (Å²) in [6.45, 7) is 6.36. The van der Waals surface area contributed by atoms with Gasteiger partial charge in [0.1, 0.15) is 24.8 Å². The molecule has 0 atom stereocenters. The Kier molecular flexibility index (Phi) is 21.1. The molecule has 0 spiro atoms. The lowest BCUT2D eigenvalue weighted by Gasteiger charge is -2.01. The molecule has 164 valence electrons. The second kappa shape index (κ2) is 19.9. The zero-order valence-electron chi connectivity index (χ0n) is 17.8. The van der Waals surface area contributed by atoms with Gasteiger partial charge in [0, 0.05) is 14.2 Å². The van der Waals surface area contributed by atoms with Crippen LogP contribution in [-0.4, -0.2) is 28.2 Å². The minimum Gasteiger partial charge on any atom is -0.337 e. The third-order valence-corrected chi connectivity index (χ3v) is 3.76. The van der Waals surface area contributed by atoms with E-state index in [0.29, 0.717) is 0 Å². The van der Waals surface area contributed by atoms with Crippen LogP contribution in [0.15, 0.2) is 37.4 Å². The van der Waals surface area contributed by atoms with Crippen molar-refractivity contribution >= 4 is 7.82 Å². The monoisotopic (exact) mass is 432 g/mol. The topological polar surface area (TPSA) is 173 Å².